The molecule has 0 aliphatic heterocycles. The Morgan fingerprint density at radius 3 is 2.74 bits per heavy atom. The third-order valence-corrected chi connectivity index (χ3v) is 3.92. The zero-order valence-corrected chi connectivity index (χ0v) is 11.5. The van der Waals surface area contributed by atoms with E-state index in [1.165, 1.54) is 30.4 Å². The van der Waals surface area contributed by atoms with Gasteiger partial charge in [0.05, 0.1) is 11.4 Å². The number of nitrogens with one attached hydrogen (secondary N) is 1. The van der Waals surface area contributed by atoms with E-state index in [1.807, 2.05) is 18.2 Å². The Hall–Kier alpha value is -1.67. The summed E-state index contributed by atoms with van der Waals surface area (Å²) in [5.74, 6) is 0. The largest absolute Gasteiger partial charge is 0.397 e. The van der Waals surface area contributed by atoms with Gasteiger partial charge in [0.2, 0.25) is 0 Å². The number of rotatable bonds is 2. The van der Waals surface area contributed by atoms with Crippen LogP contribution >= 0.6 is 11.6 Å². The molecule has 3 rings (SSSR count). The van der Waals surface area contributed by atoms with Crippen molar-refractivity contribution in [2.75, 3.05) is 11.1 Å². The number of benzene rings is 2. The Labute approximate surface area is 118 Å². The van der Waals surface area contributed by atoms with E-state index >= 15 is 0 Å². The lowest BCUT2D eigenvalue weighted by Gasteiger charge is -2.20. The first-order valence-electron chi connectivity index (χ1n) is 6.67. The van der Waals surface area contributed by atoms with E-state index in [-0.39, 0.29) is 0 Å². The minimum Gasteiger partial charge on any atom is -0.397 e. The zero-order chi connectivity index (χ0) is 13.2. The van der Waals surface area contributed by atoms with Crippen molar-refractivity contribution in [1.29, 1.82) is 0 Å². The molecule has 2 nitrogen and oxygen atoms in total. The molecule has 1 aliphatic carbocycles. The second-order valence-electron chi connectivity index (χ2n) is 5.01. The van der Waals surface area contributed by atoms with Gasteiger partial charge in [0.15, 0.2) is 0 Å². The Bertz CT molecular complexity index is 608. The first-order chi connectivity index (χ1) is 9.24. The van der Waals surface area contributed by atoms with E-state index in [9.17, 15) is 0 Å². The van der Waals surface area contributed by atoms with Gasteiger partial charge in [-0.2, -0.15) is 0 Å². The van der Waals surface area contributed by atoms with Gasteiger partial charge in [-0.05, 0) is 61.1 Å². The summed E-state index contributed by atoms with van der Waals surface area (Å²) in [5, 5.41) is 4.13. The lowest BCUT2D eigenvalue weighted by Crippen LogP contribution is -2.06. The maximum atomic E-state index is 6.03. The summed E-state index contributed by atoms with van der Waals surface area (Å²) in [6.07, 6.45) is 4.86. The van der Waals surface area contributed by atoms with Crippen LogP contribution < -0.4 is 11.1 Å². The van der Waals surface area contributed by atoms with Crippen molar-refractivity contribution in [2.45, 2.75) is 25.7 Å². The summed E-state index contributed by atoms with van der Waals surface area (Å²) >= 11 is 6.03. The molecule has 19 heavy (non-hydrogen) atoms. The minimum absolute atomic E-state index is 0.696. The summed E-state index contributed by atoms with van der Waals surface area (Å²) in [4.78, 5) is 0. The third-order valence-electron chi connectivity index (χ3n) is 3.68. The molecule has 2 aromatic carbocycles. The summed E-state index contributed by atoms with van der Waals surface area (Å²) in [5.41, 5.74) is 11.6. The summed E-state index contributed by atoms with van der Waals surface area (Å²) in [7, 11) is 0. The van der Waals surface area contributed by atoms with Crippen LogP contribution in [-0.4, -0.2) is 0 Å². The maximum absolute atomic E-state index is 6.03. The van der Waals surface area contributed by atoms with Gasteiger partial charge in [-0.1, -0.05) is 23.7 Å². The molecule has 0 spiro atoms. The van der Waals surface area contributed by atoms with Gasteiger partial charge in [-0.15, -0.1) is 0 Å². The molecule has 0 fully saturated rings. The van der Waals surface area contributed by atoms with E-state index in [1.54, 1.807) is 0 Å². The number of halogens is 1. The van der Waals surface area contributed by atoms with Crippen LogP contribution in [0, 0.1) is 0 Å². The summed E-state index contributed by atoms with van der Waals surface area (Å²) in [6, 6.07) is 12.0. The quantitative estimate of drug-likeness (QED) is 0.788. The van der Waals surface area contributed by atoms with Crippen LogP contribution in [0.25, 0.3) is 0 Å². The second kappa shape index (κ2) is 5.14. The number of anilines is 3. The Balaban J connectivity index is 1.97. The van der Waals surface area contributed by atoms with E-state index in [2.05, 4.69) is 23.5 Å². The van der Waals surface area contributed by atoms with Crippen molar-refractivity contribution in [3.8, 4) is 0 Å². The maximum Gasteiger partial charge on any atom is 0.0632 e. The topological polar surface area (TPSA) is 38.0 Å². The molecule has 0 radical (unpaired) electrons. The minimum atomic E-state index is 0.696. The number of nitrogens with two attached hydrogens (primary N) is 1. The van der Waals surface area contributed by atoms with Crippen LogP contribution in [0.2, 0.25) is 5.02 Å². The van der Waals surface area contributed by atoms with Gasteiger partial charge < -0.3 is 11.1 Å². The second-order valence-corrected chi connectivity index (χ2v) is 5.44. The fraction of sp³-hybridized carbons (Fsp3) is 0.250. The molecule has 2 aromatic rings. The van der Waals surface area contributed by atoms with E-state index in [4.69, 9.17) is 17.3 Å². The predicted octanol–water partition coefficient (Wildman–Crippen LogP) is 4.54. The van der Waals surface area contributed by atoms with Gasteiger partial charge in [0, 0.05) is 10.7 Å². The molecule has 0 amide bonds. The van der Waals surface area contributed by atoms with E-state index in [0.717, 1.165) is 23.5 Å². The molecule has 0 atom stereocenters. The van der Waals surface area contributed by atoms with Crippen molar-refractivity contribution in [3.63, 3.8) is 0 Å². The standard InChI is InChI=1S/C16H17ClN2/c17-12-8-9-14(18)16(10-12)19-15-7-3-5-11-4-1-2-6-13(11)15/h3,5,7-10,19H,1-2,4,6,18H2. The van der Waals surface area contributed by atoms with Crippen molar-refractivity contribution in [1.82, 2.24) is 0 Å². The molecule has 0 unspecified atom stereocenters. The number of nitrogen functional groups attached to an aromatic ring is 1. The molecule has 0 heterocycles. The Morgan fingerprint density at radius 1 is 1.00 bits per heavy atom. The number of fused-ring (bicyclic) bond motifs is 1. The van der Waals surface area contributed by atoms with Gasteiger partial charge >= 0.3 is 0 Å². The number of hydrogen-bond donors (Lipinski definition) is 2. The molecule has 3 N–H and O–H groups in total. The van der Waals surface area contributed by atoms with Crippen LogP contribution in [0.4, 0.5) is 17.1 Å². The molecule has 3 heteroatoms. The number of aryl methyl sites for hydroxylation is 1. The third kappa shape index (κ3) is 2.54. The van der Waals surface area contributed by atoms with Crippen LogP contribution in [-0.2, 0) is 12.8 Å². The first-order valence-corrected chi connectivity index (χ1v) is 7.04. The Morgan fingerprint density at radius 2 is 1.84 bits per heavy atom. The smallest absolute Gasteiger partial charge is 0.0632 e. The fourth-order valence-corrected chi connectivity index (χ4v) is 2.85. The first kappa shape index (κ1) is 12.4. The average molecular weight is 273 g/mol. The average Bonchev–Trinajstić information content (AvgIpc) is 2.43. The lowest BCUT2D eigenvalue weighted by atomic mass is 9.90. The van der Waals surface area contributed by atoms with Gasteiger partial charge in [0.1, 0.15) is 0 Å². The van der Waals surface area contributed by atoms with Gasteiger partial charge in [-0.3, -0.25) is 0 Å². The van der Waals surface area contributed by atoms with Crippen LogP contribution in [0.15, 0.2) is 36.4 Å². The van der Waals surface area contributed by atoms with E-state index in [0.29, 0.717) is 5.02 Å². The summed E-state index contributed by atoms with van der Waals surface area (Å²) in [6.45, 7) is 0. The van der Waals surface area contributed by atoms with E-state index < -0.39 is 0 Å². The molecule has 0 bridgehead atoms. The molecule has 98 valence electrons. The van der Waals surface area contributed by atoms with Gasteiger partial charge in [-0.25, -0.2) is 0 Å². The molecular formula is C16H17ClN2. The summed E-state index contributed by atoms with van der Waals surface area (Å²) < 4.78 is 0. The zero-order valence-electron chi connectivity index (χ0n) is 10.7. The highest BCUT2D eigenvalue weighted by Gasteiger charge is 2.13. The predicted molar refractivity (Wildman–Crippen MR) is 82.2 cm³/mol. The van der Waals surface area contributed by atoms with Crippen LogP contribution in [0.5, 0.6) is 0 Å². The molecule has 1 aliphatic rings. The fourth-order valence-electron chi connectivity index (χ4n) is 2.68. The lowest BCUT2D eigenvalue weighted by molar-refractivity contribution is 0.687. The van der Waals surface area contributed by atoms with Crippen molar-refractivity contribution >= 4 is 28.7 Å². The normalized spacial score (nSPS) is 13.9. The highest BCUT2D eigenvalue weighted by Crippen LogP contribution is 2.32. The monoisotopic (exact) mass is 272 g/mol. The highest BCUT2D eigenvalue weighted by atomic mass is 35.5. The molecule has 0 aromatic heterocycles. The molecule has 0 saturated heterocycles. The van der Waals surface area contributed by atoms with Crippen LogP contribution in [0.1, 0.15) is 24.0 Å². The number of hydrogen-bond acceptors (Lipinski definition) is 2. The van der Waals surface area contributed by atoms with Crippen molar-refractivity contribution in [2.24, 2.45) is 0 Å². The molecule has 0 saturated carbocycles. The van der Waals surface area contributed by atoms with Crippen molar-refractivity contribution in [3.05, 3.63) is 52.5 Å². The van der Waals surface area contributed by atoms with Crippen molar-refractivity contribution < 1.29 is 0 Å². The van der Waals surface area contributed by atoms with Crippen LogP contribution in [0.3, 0.4) is 0 Å². The van der Waals surface area contributed by atoms with Gasteiger partial charge in [0.25, 0.3) is 0 Å². The SMILES string of the molecule is Nc1ccc(Cl)cc1Nc1cccc2c1CCCC2. The highest BCUT2D eigenvalue weighted by molar-refractivity contribution is 6.31. The molecular weight excluding hydrogens is 256 g/mol. The Kier molecular flexibility index (Phi) is 3.34.